The van der Waals surface area contributed by atoms with E-state index in [1.54, 1.807) is 11.3 Å². The summed E-state index contributed by atoms with van der Waals surface area (Å²) in [5, 5.41) is 2.07. The summed E-state index contributed by atoms with van der Waals surface area (Å²) in [5.41, 5.74) is 2.32. The molecule has 0 N–H and O–H groups in total. The van der Waals surface area contributed by atoms with E-state index in [0.29, 0.717) is 13.1 Å². The first-order valence-electron chi connectivity index (χ1n) is 11.1. The molecule has 162 valence electrons. The van der Waals surface area contributed by atoms with E-state index in [9.17, 15) is 9.59 Å². The highest BCUT2D eigenvalue weighted by molar-refractivity contribution is 7.10. The number of amides is 2. The molecule has 0 radical (unpaired) electrons. The van der Waals surface area contributed by atoms with Gasteiger partial charge >= 0.3 is 0 Å². The SMILES string of the molecule is CCC(C)N(CC(=O)N(Cc1ccccc1)Cc1sccc1C)C(=O)C1CCCC1. The average Bonchev–Trinajstić information content (AvgIpc) is 3.43. The van der Waals surface area contributed by atoms with Crippen molar-refractivity contribution in [1.82, 2.24) is 9.80 Å². The molecule has 3 rings (SSSR count). The van der Waals surface area contributed by atoms with Crippen molar-refractivity contribution in [2.45, 2.75) is 72.0 Å². The van der Waals surface area contributed by atoms with Crippen LogP contribution in [0.15, 0.2) is 41.8 Å². The Hall–Kier alpha value is -2.14. The van der Waals surface area contributed by atoms with Crippen molar-refractivity contribution in [1.29, 1.82) is 0 Å². The quantitative estimate of drug-likeness (QED) is 0.538. The van der Waals surface area contributed by atoms with Gasteiger partial charge in [0.25, 0.3) is 0 Å². The minimum Gasteiger partial charge on any atom is -0.332 e. The molecule has 1 fully saturated rings. The van der Waals surface area contributed by atoms with Crippen molar-refractivity contribution >= 4 is 23.2 Å². The van der Waals surface area contributed by atoms with Gasteiger partial charge in [0.2, 0.25) is 11.8 Å². The maximum atomic E-state index is 13.5. The van der Waals surface area contributed by atoms with Gasteiger partial charge in [-0.3, -0.25) is 9.59 Å². The van der Waals surface area contributed by atoms with Crippen LogP contribution in [0.25, 0.3) is 0 Å². The van der Waals surface area contributed by atoms with Gasteiger partial charge in [0.15, 0.2) is 0 Å². The molecule has 0 spiro atoms. The topological polar surface area (TPSA) is 40.6 Å². The van der Waals surface area contributed by atoms with E-state index in [1.807, 2.05) is 28.0 Å². The van der Waals surface area contributed by atoms with Crippen molar-refractivity contribution in [2.75, 3.05) is 6.54 Å². The lowest BCUT2D eigenvalue weighted by molar-refractivity contribution is -0.145. The monoisotopic (exact) mass is 426 g/mol. The summed E-state index contributed by atoms with van der Waals surface area (Å²) in [7, 11) is 0. The molecular weight excluding hydrogens is 392 g/mol. The van der Waals surface area contributed by atoms with E-state index in [4.69, 9.17) is 0 Å². The van der Waals surface area contributed by atoms with Crippen LogP contribution in [0.1, 0.15) is 62.0 Å². The zero-order valence-corrected chi connectivity index (χ0v) is 19.3. The maximum absolute atomic E-state index is 13.5. The highest BCUT2D eigenvalue weighted by atomic mass is 32.1. The Morgan fingerprint density at radius 3 is 2.40 bits per heavy atom. The number of nitrogens with zero attached hydrogens (tertiary/aromatic N) is 2. The fraction of sp³-hybridized carbons (Fsp3) is 0.520. The molecule has 1 aliphatic rings. The number of thiophene rings is 1. The molecular formula is C25H34N2O2S. The first-order valence-corrected chi connectivity index (χ1v) is 12.0. The van der Waals surface area contributed by atoms with Gasteiger partial charge in [-0.1, -0.05) is 50.1 Å². The summed E-state index contributed by atoms with van der Waals surface area (Å²) in [6, 6.07) is 12.3. The van der Waals surface area contributed by atoms with Gasteiger partial charge in [0.1, 0.15) is 6.54 Å². The molecule has 1 unspecified atom stereocenters. The Balaban J connectivity index is 1.78. The Labute approximate surface area is 184 Å². The third-order valence-corrected chi connectivity index (χ3v) is 7.30. The Kier molecular flexibility index (Phi) is 8.08. The number of hydrogen-bond donors (Lipinski definition) is 0. The summed E-state index contributed by atoms with van der Waals surface area (Å²) in [6.07, 6.45) is 5.02. The standard InChI is InChI=1S/C25H34N2O2S/c1-4-20(3)27(25(29)22-12-8-9-13-22)18-24(28)26(16-21-10-6-5-7-11-21)17-23-19(2)14-15-30-23/h5-7,10-11,14-15,20,22H,4,8-9,12-13,16-18H2,1-3H3. The largest absolute Gasteiger partial charge is 0.332 e. The highest BCUT2D eigenvalue weighted by Gasteiger charge is 2.31. The van der Waals surface area contributed by atoms with Gasteiger partial charge in [-0.05, 0) is 55.7 Å². The van der Waals surface area contributed by atoms with Gasteiger partial charge < -0.3 is 9.80 Å². The van der Waals surface area contributed by atoms with Crippen molar-refractivity contribution in [3.05, 3.63) is 57.8 Å². The first kappa shape index (κ1) is 22.5. The number of carbonyl (C=O) groups excluding carboxylic acids is 2. The van der Waals surface area contributed by atoms with E-state index in [0.717, 1.165) is 37.7 Å². The van der Waals surface area contributed by atoms with Crippen LogP contribution < -0.4 is 0 Å². The molecule has 1 saturated carbocycles. The molecule has 5 heteroatoms. The van der Waals surface area contributed by atoms with Crippen LogP contribution in [0.2, 0.25) is 0 Å². The van der Waals surface area contributed by atoms with Gasteiger partial charge in [0.05, 0.1) is 6.54 Å². The first-order chi connectivity index (χ1) is 14.5. The number of hydrogen-bond acceptors (Lipinski definition) is 3. The maximum Gasteiger partial charge on any atom is 0.242 e. The van der Waals surface area contributed by atoms with Crippen molar-refractivity contribution in [2.24, 2.45) is 5.92 Å². The van der Waals surface area contributed by atoms with Crippen molar-refractivity contribution < 1.29 is 9.59 Å². The van der Waals surface area contributed by atoms with Crippen LogP contribution >= 0.6 is 11.3 Å². The Bertz CT molecular complexity index is 827. The van der Waals surface area contributed by atoms with Gasteiger partial charge in [-0.2, -0.15) is 0 Å². The van der Waals surface area contributed by atoms with Crippen LogP contribution in [0.4, 0.5) is 0 Å². The van der Waals surface area contributed by atoms with E-state index < -0.39 is 0 Å². The van der Waals surface area contributed by atoms with Gasteiger partial charge in [-0.15, -0.1) is 11.3 Å². The van der Waals surface area contributed by atoms with Crippen LogP contribution in [0.3, 0.4) is 0 Å². The van der Waals surface area contributed by atoms with E-state index in [-0.39, 0.29) is 30.3 Å². The average molecular weight is 427 g/mol. The van der Waals surface area contributed by atoms with Gasteiger partial charge in [0, 0.05) is 23.4 Å². The summed E-state index contributed by atoms with van der Waals surface area (Å²) in [6.45, 7) is 7.55. The molecule has 1 aromatic carbocycles. The summed E-state index contributed by atoms with van der Waals surface area (Å²) in [5.74, 6) is 0.286. The second kappa shape index (κ2) is 10.8. The number of rotatable bonds is 9. The molecule has 2 amide bonds. The smallest absolute Gasteiger partial charge is 0.242 e. The van der Waals surface area contributed by atoms with E-state index in [1.165, 1.54) is 10.4 Å². The second-order valence-corrected chi connectivity index (χ2v) is 9.47. The van der Waals surface area contributed by atoms with Crippen molar-refractivity contribution in [3.8, 4) is 0 Å². The lowest BCUT2D eigenvalue weighted by Gasteiger charge is -2.33. The molecule has 1 aliphatic carbocycles. The third-order valence-electron chi connectivity index (χ3n) is 6.29. The molecule has 4 nitrogen and oxygen atoms in total. The Morgan fingerprint density at radius 1 is 1.10 bits per heavy atom. The molecule has 1 heterocycles. The number of aryl methyl sites for hydroxylation is 1. The van der Waals surface area contributed by atoms with Crippen molar-refractivity contribution in [3.63, 3.8) is 0 Å². The minimum absolute atomic E-state index is 0.0262. The summed E-state index contributed by atoms with van der Waals surface area (Å²) >= 11 is 1.69. The summed E-state index contributed by atoms with van der Waals surface area (Å²) in [4.78, 5) is 31.6. The minimum atomic E-state index is 0.0262. The summed E-state index contributed by atoms with van der Waals surface area (Å²) < 4.78 is 0. The van der Waals surface area contributed by atoms with E-state index >= 15 is 0 Å². The fourth-order valence-corrected chi connectivity index (χ4v) is 5.02. The van der Waals surface area contributed by atoms with Crippen LogP contribution in [-0.2, 0) is 22.7 Å². The molecule has 1 atom stereocenters. The van der Waals surface area contributed by atoms with Crippen LogP contribution in [0.5, 0.6) is 0 Å². The highest BCUT2D eigenvalue weighted by Crippen LogP contribution is 2.28. The van der Waals surface area contributed by atoms with E-state index in [2.05, 4.69) is 44.4 Å². The lowest BCUT2D eigenvalue weighted by Crippen LogP contribution is -2.48. The second-order valence-electron chi connectivity index (χ2n) is 8.47. The lowest BCUT2D eigenvalue weighted by atomic mass is 10.0. The molecule has 0 bridgehead atoms. The normalized spacial score (nSPS) is 15.2. The molecule has 1 aromatic heterocycles. The molecule has 0 saturated heterocycles. The predicted molar refractivity (Wildman–Crippen MR) is 123 cm³/mol. The predicted octanol–water partition coefficient (Wildman–Crippen LogP) is 5.40. The third kappa shape index (κ3) is 5.72. The molecule has 30 heavy (non-hydrogen) atoms. The number of carbonyl (C=O) groups is 2. The Morgan fingerprint density at radius 2 is 1.80 bits per heavy atom. The molecule has 0 aliphatic heterocycles. The number of benzene rings is 1. The van der Waals surface area contributed by atoms with Crippen LogP contribution in [-0.4, -0.2) is 34.2 Å². The zero-order chi connectivity index (χ0) is 21.5. The molecule has 2 aromatic rings. The zero-order valence-electron chi connectivity index (χ0n) is 18.5. The fourth-order valence-electron chi connectivity index (χ4n) is 4.10. The van der Waals surface area contributed by atoms with Crippen LogP contribution in [0, 0.1) is 12.8 Å². The van der Waals surface area contributed by atoms with Gasteiger partial charge in [-0.25, -0.2) is 0 Å².